The van der Waals surface area contributed by atoms with E-state index in [2.05, 4.69) is 30.7 Å². The number of rotatable bonds is 5. The van der Waals surface area contributed by atoms with Crippen molar-refractivity contribution in [2.24, 2.45) is 5.92 Å². The van der Waals surface area contributed by atoms with Gasteiger partial charge in [-0.1, -0.05) is 13.8 Å². The number of hydrogen-bond acceptors (Lipinski definition) is 3. The van der Waals surface area contributed by atoms with Crippen LogP contribution in [0.1, 0.15) is 33.6 Å². The van der Waals surface area contributed by atoms with Crippen molar-refractivity contribution in [3.63, 3.8) is 0 Å². The molecular weight excluding hydrogens is 216 g/mol. The third kappa shape index (κ3) is 3.68. The van der Waals surface area contributed by atoms with Crippen molar-refractivity contribution in [1.82, 2.24) is 9.80 Å². The molecule has 0 amide bonds. The topological polar surface area (TPSA) is 43.8 Å². The van der Waals surface area contributed by atoms with Gasteiger partial charge in [0.05, 0.1) is 0 Å². The van der Waals surface area contributed by atoms with E-state index in [0.717, 1.165) is 39.0 Å². The van der Waals surface area contributed by atoms with Gasteiger partial charge >= 0.3 is 5.97 Å². The van der Waals surface area contributed by atoms with E-state index in [9.17, 15) is 9.90 Å². The van der Waals surface area contributed by atoms with Crippen molar-refractivity contribution in [2.75, 3.05) is 33.2 Å². The van der Waals surface area contributed by atoms with Crippen molar-refractivity contribution in [3.8, 4) is 0 Å². The SMILES string of the molecule is CC(C)CCC(C)(C(=O)O)N1CCN(C)CC1. The van der Waals surface area contributed by atoms with Gasteiger partial charge in [-0.05, 0) is 32.7 Å². The maximum absolute atomic E-state index is 11.6. The van der Waals surface area contributed by atoms with Crippen LogP contribution in [0.4, 0.5) is 0 Å². The van der Waals surface area contributed by atoms with Crippen molar-refractivity contribution in [2.45, 2.75) is 39.2 Å². The van der Waals surface area contributed by atoms with E-state index in [-0.39, 0.29) is 0 Å². The maximum Gasteiger partial charge on any atom is 0.323 e. The van der Waals surface area contributed by atoms with Crippen molar-refractivity contribution in [1.29, 1.82) is 0 Å². The summed E-state index contributed by atoms with van der Waals surface area (Å²) in [6.45, 7) is 9.81. The summed E-state index contributed by atoms with van der Waals surface area (Å²) in [4.78, 5) is 15.9. The summed E-state index contributed by atoms with van der Waals surface area (Å²) in [5, 5.41) is 9.51. The van der Waals surface area contributed by atoms with E-state index < -0.39 is 11.5 Å². The van der Waals surface area contributed by atoms with Crippen LogP contribution >= 0.6 is 0 Å². The molecule has 1 saturated heterocycles. The summed E-state index contributed by atoms with van der Waals surface area (Å²) in [6, 6.07) is 0. The normalized spacial score (nSPS) is 22.6. The number of nitrogens with zero attached hydrogens (tertiary/aromatic N) is 2. The third-order valence-corrected chi connectivity index (χ3v) is 3.87. The Kier molecular flexibility index (Phi) is 4.95. The van der Waals surface area contributed by atoms with E-state index in [4.69, 9.17) is 0 Å². The van der Waals surface area contributed by atoms with E-state index in [1.54, 1.807) is 0 Å². The number of carbonyl (C=O) groups is 1. The molecule has 0 saturated carbocycles. The van der Waals surface area contributed by atoms with Gasteiger partial charge < -0.3 is 10.0 Å². The largest absolute Gasteiger partial charge is 0.480 e. The highest BCUT2D eigenvalue weighted by Crippen LogP contribution is 2.25. The fraction of sp³-hybridized carbons (Fsp3) is 0.923. The van der Waals surface area contributed by atoms with Crippen LogP contribution in [0.3, 0.4) is 0 Å². The molecule has 4 heteroatoms. The lowest BCUT2D eigenvalue weighted by Crippen LogP contribution is -2.58. The second-order valence-electron chi connectivity index (χ2n) is 5.80. The quantitative estimate of drug-likeness (QED) is 0.794. The van der Waals surface area contributed by atoms with Crippen molar-refractivity contribution < 1.29 is 9.90 Å². The average molecular weight is 242 g/mol. The first-order valence-electron chi connectivity index (χ1n) is 6.53. The zero-order chi connectivity index (χ0) is 13.1. The minimum Gasteiger partial charge on any atom is -0.480 e. The molecule has 100 valence electrons. The summed E-state index contributed by atoms with van der Waals surface area (Å²) in [5.74, 6) is -0.121. The van der Waals surface area contributed by atoms with Gasteiger partial charge in [-0.3, -0.25) is 9.69 Å². The summed E-state index contributed by atoms with van der Waals surface area (Å²) >= 11 is 0. The first-order chi connectivity index (χ1) is 7.86. The number of carboxylic acids is 1. The van der Waals surface area contributed by atoms with Gasteiger partial charge in [-0.15, -0.1) is 0 Å². The smallest absolute Gasteiger partial charge is 0.323 e. The second kappa shape index (κ2) is 5.83. The van der Waals surface area contributed by atoms with Crippen LogP contribution < -0.4 is 0 Å². The van der Waals surface area contributed by atoms with Gasteiger partial charge in [0.1, 0.15) is 5.54 Å². The molecule has 1 aliphatic rings. The van der Waals surface area contributed by atoms with Gasteiger partial charge in [-0.25, -0.2) is 0 Å². The van der Waals surface area contributed by atoms with Gasteiger partial charge in [0, 0.05) is 26.2 Å². The summed E-state index contributed by atoms with van der Waals surface area (Å²) in [7, 11) is 2.09. The molecule has 4 nitrogen and oxygen atoms in total. The van der Waals surface area contributed by atoms with E-state index in [0.29, 0.717) is 5.92 Å². The minimum atomic E-state index is -0.689. The Labute approximate surface area is 105 Å². The molecule has 1 unspecified atom stereocenters. The lowest BCUT2D eigenvalue weighted by atomic mass is 9.89. The lowest BCUT2D eigenvalue weighted by molar-refractivity contribution is -0.152. The van der Waals surface area contributed by atoms with Gasteiger partial charge in [0.25, 0.3) is 0 Å². The standard InChI is InChI=1S/C13H26N2O2/c1-11(2)5-6-13(3,12(16)17)15-9-7-14(4)8-10-15/h11H,5-10H2,1-4H3,(H,16,17). The highest BCUT2D eigenvalue weighted by molar-refractivity contribution is 5.78. The fourth-order valence-electron chi connectivity index (χ4n) is 2.27. The average Bonchev–Trinajstić information content (AvgIpc) is 2.26. The van der Waals surface area contributed by atoms with Gasteiger partial charge in [-0.2, -0.15) is 0 Å². The highest BCUT2D eigenvalue weighted by Gasteiger charge is 2.40. The Morgan fingerprint density at radius 2 is 1.82 bits per heavy atom. The molecule has 17 heavy (non-hydrogen) atoms. The zero-order valence-corrected chi connectivity index (χ0v) is 11.6. The Balaban J connectivity index is 2.66. The first kappa shape index (κ1) is 14.5. The Bertz CT molecular complexity index is 260. The third-order valence-electron chi connectivity index (χ3n) is 3.87. The molecule has 0 aromatic carbocycles. The monoisotopic (exact) mass is 242 g/mol. The summed E-state index contributed by atoms with van der Waals surface area (Å²) in [5.41, 5.74) is -0.689. The van der Waals surface area contributed by atoms with Crippen LogP contribution in [0, 0.1) is 5.92 Å². The molecule has 0 aromatic heterocycles. The molecule has 1 fully saturated rings. The molecule has 0 aliphatic carbocycles. The Hall–Kier alpha value is -0.610. The number of aliphatic carboxylic acids is 1. The molecule has 1 aliphatic heterocycles. The predicted molar refractivity (Wildman–Crippen MR) is 69.2 cm³/mol. The van der Waals surface area contributed by atoms with Crippen LogP contribution in [-0.2, 0) is 4.79 Å². The second-order valence-corrected chi connectivity index (χ2v) is 5.80. The Morgan fingerprint density at radius 1 is 1.29 bits per heavy atom. The first-order valence-corrected chi connectivity index (χ1v) is 6.53. The van der Waals surface area contributed by atoms with Crippen LogP contribution in [-0.4, -0.2) is 59.6 Å². The van der Waals surface area contributed by atoms with Crippen LogP contribution in [0.2, 0.25) is 0 Å². The number of piperazine rings is 1. The fourth-order valence-corrected chi connectivity index (χ4v) is 2.27. The van der Waals surface area contributed by atoms with Crippen molar-refractivity contribution >= 4 is 5.97 Å². The molecule has 1 heterocycles. The zero-order valence-electron chi connectivity index (χ0n) is 11.6. The predicted octanol–water partition coefficient (Wildman–Crippen LogP) is 1.51. The number of hydrogen-bond donors (Lipinski definition) is 1. The van der Waals surface area contributed by atoms with Crippen molar-refractivity contribution in [3.05, 3.63) is 0 Å². The number of likely N-dealkylation sites (N-methyl/N-ethyl adjacent to an activating group) is 1. The molecule has 0 spiro atoms. The minimum absolute atomic E-state index is 0.557. The van der Waals surface area contributed by atoms with Gasteiger partial charge in [0.2, 0.25) is 0 Å². The lowest BCUT2D eigenvalue weighted by Gasteiger charge is -2.43. The molecular formula is C13H26N2O2. The molecule has 0 aromatic rings. The van der Waals surface area contributed by atoms with E-state index >= 15 is 0 Å². The van der Waals surface area contributed by atoms with Crippen LogP contribution in [0.15, 0.2) is 0 Å². The molecule has 0 bridgehead atoms. The molecule has 1 N–H and O–H groups in total. The summed E-state index contributed by atoms with van der Waals surface area (Å²) < 4.78 is 0. The Morgan fingerprint density at radius 3 is 2.24 bits per heavy atom. The summed E-state index contributed by atoms with van der Waals surface area (Å²) in [6.07, 6.45) is 1.71. The number of carboxylic acid groups (broad SMARTS) is 1. The van der Waals surface area contributed by atoms with E-state index in [1.807, 2.05) is 6.92 Å². The molecule has 1 atom stereocenters. The van der Waals surface area contributed by atoms with Crippen LogP contribution in [0.25, 0.3) is 0 Å². The van der Waals surface area contributed by atoms with Crippen LogP contribution in [0.5, 0.6) is 0 Å². The highest BCUT2D eigenvalue weighted by atomic mass is 16.4. The molecule has 1 rings (SSSR count). The van der Waals surface area contributed by atoms with E-state index in [1.165, 1.54) is 0 Å². The van der Waals surface area contributed by atoms with Gasteiger partial charge in [0.15, 0.2) is 0 Å². The molecule has 0 radical (unpaired) electrons. The maximum atomic E-state index is 11.6.